The lowest BCUT2D eigenvalue weighted by Crippen LogP contribution is -2.50. The molecule has 3 rings (SSSR count). The number of hydrogen-bond donors (Lipinski definition) is 0. The molecule has 2 aromatic rings. The van der Waals surface area contributed by atoms with E-state index in [1.807, 2.05) is 27.0 Å². The molecule has 0 unspecified atom stereocenters. The number of pyridine rings is 1. The SMILES string of the molecule is Cc1ccc2c(N3CCN(C(=O)OC(C)(C)C)CC3)ccnc2c1. The van der Waals surface area contributed by atoms with Gasteiger partial charge in [0.25, 0.3) is 0 Å². The van der Waals surface area contributed by atoms with Crippen molar-refractivity contribution in [1.82, 2.24) is 9.88 Å². The molecule has 0 atom stereocenters. The summed E-state index contributed by atoms with van der Waals surface area (Å²) in [5.74, 6) is 0. The first-order valence-electron chi connectivity index (χ1n) is 8.42. The molecule has 1 amide bonds. The number of amides is 1. The summed E-state index contributed by atoms with van der Waals surface area (Å²) in [7, 11) is 0. The quantitative estimate of drug-likeness (QED) is 0.803. The molecular weight excluding hydrogens is 302 g/mol. The first-order chi connectivity index (χ1) is 11.3. The van der Waals surface area contributed by atoms with E-state index in [1.165, 1.54) is 11.3 Å². The molecule has 0 bridgehead atoms. The Balaban J connectivity index is 1.72. The van der Waals surface area contributed by atoms with Gasteiger partial charge in [0.05, 0.1) is 5.52 Å². The lowest BCUT2D eigenvalue weighted by atomic mass is 10.1. The second-order valence-electron chi connectivity index (χ2n) is 7.31. The number of hydrogen-bond acceptors (Lipinski definition) is 4. The maximum absolute atomic E-state index is 12.2. The van der Waals surface area contributed by atoms with E-state index in [4.69, 9.17) is 4.74 Å². The molecule has 0 saturated carbocycles. The predicted molar refractivity (Wildman–Crippen MR) is 96.5 cm³/mol. The first kappa shape index (κ1) is 16.6. The standard InChI is InChI=1S/C19H25N3O2/c1-14-5-6-15-16(13-14)20-8-7-17(15)21-9-11-22(12-10-21)18(23)24-19(2,3)4/h5-8,13H,9-12H2,1-4H3. The number of aromatic nitrogens is 1. The number of carbonyl (C=O) groups excluding carboxylic acids is 1. The highest BCUT2D eigenvalue weighted by molar-refractivity contribution is 5.92. The zero-order valence-corrected chi connectivity index (χ0v) is 14.9. The Hall–Kier alpha value is -2.30. The van der Waals surface area contributed by atoms with E-state index in [0.717, 1.165) is 24.0 Å². The highest BCUT2D eigenvalue weighted by Crippen LogP contribution is 2.27. The molecule has 128 valence electrons. The second kappa shape index (κ2) is 6.30. The number of rotatable bonds is 1. The molecule has 1 saturated heterocycles. The Kier molecular flexibility index (Phi) is 4.35. The summed E-state index contributed by atoms with van der Waals surface area (Å²) in [6.07, 6.45) is 1.63. The van der Waals surface area contributed by atoms with Crippen molar-refractivity contribution in [3.8, 4) is 0 Å². The summed E-state index contributed by atoms with van der Waals surface area (Å²) in [4.78, 5) is 20.8. The average molecular weight is 327 g/mol. The van der Waals surface area contributed by atoms with E-state index in [2.05, 4.69) is 41.1 Å². The second-order valence-corrected chi connectivity index (χ2v) is 7.31. The van der Waals surface area contributed by atoms with Crippen LogP contribution >= 0.6 is 0 Å². The molecule has 0 aliphatic carbocycles. The van der Waals surface area contributed by atoms with Crippen LogP contribution in [-0.2, 0) is 4.74 Å². The lowest BCUT2D eigenvalue weighted by Gasteiger charge is -2.37. The lowest BCUT2D eigenvalue weighted by molar-refractivity contribution is 0.0240. The van der Waals surface area contributed by atoms with Gasteiger partial charge in [0.2, 0.25) is 0 Å². The van der Waals surface area contributed by atoms with E-state index < -0.39 is 5.60 Å². The summed E-state index contributed by atoms with van der Waals surface area (Å²) < 4.78 is 5.46. The summed E-state index contributed by atoms with van der Waals surface area (Å²) in [5.41, 5.74) is 2.96. The van der Waals surface area contributed by atoms with Crippen LogP contribution < -0.4 is 4.90 Å². The van der Waals surface area contributed by atoms with Gasteiger partial charge in [-0.05, 0) is 45.4 Å². The fourth-order valence-corrected chi connectivity index (χ4v) is 2.98. The summed E-state index contributed by atoms with van der Waals surface area (Å²) >= 11 is 0. The van der Waals surface area contributed by atoms with Crippen molar-refractivity contribution in [3.63, 3.8) is 0 Å². The monoisotopic (exact) mass is 327 g/mol. The third-order valence-corrected chi connectivity index (χ3v) is 4.15. The van der Waals surface area contributed by atoms with Crippen LogP contribution in [0.4, 0.5) is 10.5 Å². The molecule has 5 nitrogen and oxygen atoms in total. The number of fused-ring (bicyclic) bond motifs is 1. The van der Waals surface area contributed by atoms with Crippen molar-refractivity contribution in [2.75, 3.05) is 31.1 Å². The van der Waals surface area contributed by atoms with Gasteiger partial charge in [-0.1, -0.05) is 12.1 Å². The normalized spacial score (nSPS) is 15.7. The van der Waals surface area contributed by atoms with Gasteiger partial charge in [0, 0.05) is 43.4 Å². The van der Waals surface area contributed by atoms with Crippen molar-refractivity contribution in [2.24, 2.45) is 0 Å². The number of carbonyl (C=O) groups is 1. The Bertz CT molecular complexity index is 744. The van der Waals surface area contributed by atoms with Crippen LogP contribution in [0.5, 0.6) is 0 Å². The van der Waals surface area contributed by atoms with Crippen molar-refractivity contribution < 1.29 is 9.53 Å². The minimum absolute atomic E-state index is 0.225. The molecular formula is C19H25N3O2. The topological polar surface area (TPSA) is 45.7 Å². The van der Waals surface area contributed by atoms with Gasteiger partial charge in [0.1, 0.15) is 5.60 Å². The van der Waals surface area contributed by atoms with Crippen LogP contribution in [0.25, 0.3) is 10.9 Å². The van der Waals surface area contributed by atoms with Gasteiger partial charge in [-0.3, -0.25) is 4.98 Å². The molecule has 0 N–H and O–H groups in total. The first-order valence-corrected chi connectivity index (χ1v) is 8.42. The third-order valence-electron chi connectivity index (χ3n) is 4.15. The largest absolute Gasteiger partial charge is 0.444 e. The molecule has 1 aliphatic rings. The van der Waals surface area contributed by atoms with Gasteiger partial charge in [-0.2, -0.15) is 0 Å². The number of ether oxygens (including phenoxy) is 1. The number of piperazine rings is 1. The Morgan fingerprint density at radius 1 is 1.12 bits per heavy atom. The molecule has 1 aromatic carbocycles. The Morgan fingerprint density at radius 2 is 1.83 bits per heavy atom. The summed E-state index contributed by atoms with van der Waals surface area (Å²) in [5, 5.41) is 1.16. The average Bonchev–Trinajstić information content (AvgIpc) is 2.52. The van der Waals surface area contributed by atoms with Crippen LogP contribution in [0.3, 0.4) is 0 Å². The van der Waals surface area contributed by atoms with E-state index in [0.29, 0.717) is 13.1 Å². The van der Waals surface area contributed by atoms with Crippen LogP contribution in [0.15, 0.2) is 30.5 Å². The van der Waals surface area contributed by atoms with Crippen molar-refractivity contribution >= 4 is 22.7 Å². The van der Waals surface area contributed by atoms with E-state index in [1.54, 1.807) is 4.90 Å². The molecule has 1 aliphatic heterocycles. The smallest absolute Gasteiger partial charge is 0.410 e. The highest BCUT2D eigenvalue weighted by Gasteiger charge is 2.26. The van der Waals surface area contributed by atoms with Crippen LogP contribution in [0.2, 0.25) is 0 Å². The third kappa shape index (κ3) is 3.61. The molecule has 5 heteroatoms. The van der Waals surface area contributed by atoms with Crippen molar-refractivity contribution in [3.05, 3.63) is 36.0 Å². The van der Waals surface area contributed by atoms with E-state index in [-0.39, 0.29) is 6.09 Å². The molecule has 0 spiro atoms. The fraction of sp³-hybridized carbons (Fsp3) is 0.474. The van der Waals surface area contributed by atoms with Gasteiger partial charge < -0.3 is 14.5 Å². The van der Waals surface area contributed by atoms with Gasteiger partial charge in [-0.15, -0.1) is 0 Å². The minimum Gasteiger partial charge on any atom is -0.444 e. The molecule has 1 aromatic heterocycles. The van der Waals surface area contributed by atoms with E-state index >= 15 is 0 Å². The zero-order valence-electron chi connectivity index (χ0n) is 14.9. The van der Waals surface area contributed by atoms with Crippen LogP contribution in [-0.4, -0.2) is 47.8 Å². The minimum atomic E-state index is -0.451. The predicted octanol–water partition coefficient (Wildman–Crippen LogP) is 3.60. The van der Waals surface area contributed by atoms with E-state index in [9.17, 15) is 4.79 Å². The Morgan fingerprint density at radius 3 is 2.50 bits per heavy atom. The number of nitrogens with zero attached hydrogens (tertiary/aromatic N) is 3. The molecule has 1 fully saturated rings. The number of benzene rings is 1. The zero-order chi connectivity index (χ0) is 17.3. The highest BCUT2D eigenvalue weighted by atomic mass is 16.6. The molecule has 0 radical (unpaired) electrons. The van der Waals surface area contributed by atoms with Crippen LogP contribution in [0, 0.1) is 6.92 Å². The Labute approximate surface area is 143 Å². The molecule has 24 heavy (non-hydrogen) atoms. The van der Waals surface area contributed by atoms with Gasteiger partial charge in [-0.25, -0.2) is 4.79 Å². The summed E-state index contributed by atoms with van der Waals surface area (Å²) in [6, 6.07) is 8.41. The van der Waals surface area contributed by atoms with Crippen molar-refractivity contribution in [2.45, 2.75) is 33.3 Å². The van der Waals surface area contributed by atoms with Crippen LogP contribution in [0.1, 0.15) is 26.3 Å². The maximum atomic E-state index is 12.2. The fourth-order valence-electron chi connectivity index (χ4n) is 2.98. The van der Waals surface area contributed by atoms with Gasteiger partial charge >= 0.3 is 6.09 Å². The number of anilines is 1. The maximum Gasteiger partial charge on any atom is 0.410 e. The summed E-state index contributed by atoms with van der Waals surface area (Å²) in [6.45, 7) is 10.7. The van der Waals surface area contributed by atoms with Crippen molar-refractivity contribution in [1.29, 1.82) is 0 Å². The van der Waals surface area contributed by atoms with Gasteiger partial charge in [0.15, 0.2) is 0 Å². The number of aryl methyl sites for hydroxylation is 1. The molecule has 2 heterocycles.